The van der Waals surface area contributed by atoms with Crippen molar-refractivity contribution in [3.8, 4) is 0 Å². The highest BCUT2D eigenvalue weighted by molar-refractivity contribution is 7.86. The number of amides is 1. The molecule has 0 N–H and O–H groups in total. The third-order valence-corrected chi connectivity index (χ3v) is 3.18. The smallest absolute Gasteiger partial charge is 0.410 e. The molecule has 1 saturated heterocycles. The van der Waals surface area contributed by atoms with Crippen LogP contribution in [0.1, 0.15) is 33.6 Å². The fraction of sp³-hybridized carbons (Fsp3) is 0.900. The fourth-order valence-electron chi connectivity index (χ4n) is 1.80. The zero-order valence-electron chi connectivity index (χ0n) is 10.3. The van der Waals surface area contributed by atoms with Crippen LogP contribution in [0.15, 0.2) is 0 Å². The van der Waals surface area contributed by atoms with Gasteiger partial charge < -0.3 is 9.64 Å². The highest BCUT2D eigenvalue weighted by Crippen LogP contribution is 2.22. The highest BCUT2D eigenvalue weighted by atomic mass is 32.3. The summed E-state index contributed by atoms with van der Waals surface area (Å²) in [7, 11) is -4.57. The molecule has 1 heterocycles. The Morgan fingerprint density at radius 2 is 2.06 bits per heavy atom. The van der Waals surface area contributed by atoms with Crippen molar-refractivity contribution < 1.29 is 21.8 Å². The van der Waals surface area contributed by atoms with Crippen LogP contribution in [-0.4, -0.2) is 43.4 Å². The summed E-state index contributed by atoms with van der Waals surface area (Å²) < 4.78 is 38.9. The molecule has 0 saturated carbocycles. The van der Waals surface area contributed by atoms with E-state index in [9.17, 15) is 17.1 Å². The average molecular weight is 267 g/mol. The van der Waals surface area contributed by atoms with Crippen LogP contribution < -0.4 is 0 Å². The van der Waals surface area contributed by atoms with Gasteiger partial charge in [-0.1, -0.05) is 0 Å². The summed E-state index contributed by atoms with van der Waals surface area (Å²) in [6, 6.07) is -0.611. The van der Waals surface area contributed by atoms with Gasteiger partial charge in [-0.25, -0.2) is 4.79 Å². The number of hydrogen-bond acceptors (Lipinski definition) is 4. The molecule has 1 rings (SSSR count). The van der Waals surface area contributed by atoms with Crippen LogP contribution in [0.5, 0.6) is 0 Å². The van der Waals surface area contributed by atoms with Crippen molar-refractivity contribution in [3.05, 3.63) is 0 Å². The number of ether oxygens (including phenoxy) is 1. The first-order valence-electron chi connectivity index (χ1n) is 5.50. The van der Waals surface area contributed by atoms with Crippen molar-refractivity contribution in [3.63, 3.8) is 0 Å². The standard InChI is InChI=1S/C10H18FNO4S/c1-10(2,3)16-9(13)12-6-4-5-8(12)7-17(11,14)15/h8H,4-7H2,1-3H3. The van der Waals surface area contributed by atoms with Gasteiger partial charge in [-0.3, -0.25) is 0 Å². The number of nitrogens with zero attached hydrogens (tertiary/aromatic N) is 1. The van der Waals surface area contributed by atoms with E-state index < -0.39 is 33.7 Å². The predicted octanol–water partition coefficient (Wildman–Crippen LogP) is 1.69. The lowest BCUT2D eigenvalue weighted by molar-refractivity contribution is 0.0241. The minimum absolute atomic E-state index is 0.412. The van der Waals surface area contributed by atoms with E-state index in [2.05, 4.69) is 0 Å². The second kappa shape index (κ2) is 4.80. The molecule has 1 unspecified atom stereocenters. The Bertz CT molecular complexity index is 388. The van der Waals surface area contributed by atoms with Crippen LogP contribution in [0, 0.1) is 0 Å². The van der Waals surface area contributed by atoms with Gasteiger partial charge in [-0.2, -0.15) is 8.42 Å². The molecule has 17 heavy (non-hydrogen) atoms. The molecular weight excluding hydrogens is 249 g/mol. The van der Waals surface area contributed by atoms with Gasteiger partial charge in [0.1, 0.15) is 11.4 Å². The van der Waals surface area contributed by atoms with Crippen molar-refractivity contribution in [1.29, 1.82) is 0 Å². The lowest BCUT2D eigenvalue weighted by Gasteiger charge is -2.27. The number of likely N-dealkylation sites (tertiary alicyclic amines) is 1. The minimum atomic E-state index is -4.57. The Morgan fingerprint density at radius 3 is 2.53 bits per heavy atom. The van der Waals surface area contributed by atoms with Crippen LogP contribution in [0.4, 0.5) is 8.68 Å². The first-order chi connectivity index (χ1) is 7.58. The van der Waals surface area contributed by atoms with Crippen LogP contribution >= 0.6 is 0 Å². The van der Waals surface area contributed by atoms with Crippen molar-refractivity contribution in [2.75, 3.05) is 12.3 Å². The number of halogens is 1. The molecule has 1 amide bonds. The first kappa shape index (κ1) is 14.2. The maximum absolute atomic E-state index is 12.6. The summed E-state index contributed by atoms with van der Waals surface area (Å²) in [5.41, 5.74) is -0.640. The normalized spacial score (nSPS) is 21.6. The summed E-state index contributed by atoms with van der Waals surface area (Å²) in [5.74, 6) is -0.647. The maximum atomic E-state index is 12.6. The first-order valence-corrected chi connectivity index (χ1v) is 7.06. The molecule has 100 valence electrons. The van der Waals surface area contributed by atoms with E-state index in [1.165, 1.54) is 4.90 Å². The Hall–Kier alpha value is -0.850. The van der Waals surface area contributed by atoms with Gasteiger partial charge in [0.15, 0.2) is 0 Å². The predicted molar refractivity (Wildman–Crippen MR) is 60.9 cm³/mol. The van der Waals surface area contributed by atoms with Crippen molar-refractivity contribution in [1.82, 2.24) is 4.90 Å². The van der Waals surface area contributed by atoms with Crippen molar-refractivity contribution in [2.45, 2.75) is 45.3 Å². The van der Waals surface area contributed by atoms with E-state index in [1.807, 2.05) is 0 Å². The van der Waals surface area contributed by atoms with E-state index in [1.54, 1.807) is 20.8 Å². The summed E-state index contributed by atoms with van der Waals surface area (Å²) >= 11 is 0. The number of hydrogen-bond donors (Lipinski definition) is 0. The number of carbonyl (C=O) groups is 1. The van der Waals surface area contributed by atoms with Crippen LogP contribution in [0.3, 0.4) is 0 Å². The topological polar surface area (TPSA) is 63.7 Å². The molecule has 0 spiro atoms. The molecule has 0 bridgehead atoms. The van der Waals surface area contributed by atoms with Crippen molar-refractivity contribution >= 4 is 16.3 Å². The molecule has 0 aromatic rings. The molecule has 5 nitrogen and oxygen atoms in total. The van der Waals surface area contributed by atoms with Gasteiger partial charge in [0, 0.05) is 6.54 Å². The van der Waals surface area contributed by atoms with Gasteiger partial charge in [0.25, 0.3) is 0 Å². The van der Waals surface area contributed by atoms with Gasteiger partial charge in [-0.15, -0.1) is 3.89 Å². The zero-order valence-corrected chi connectivity index (χ0v) is 11.1. The summed E-state index contributed by atoms with van der Waals surface area (Å²) in [6.07, 6.45) is 0.575. The van der Waals surface area contributed by atoms with E-state index in [-0.39, 0.29) is 0 Å². The molecule has 7 heteroatoms. The average Bonchev–Trinajstić information content (AvgIpc) is 2.45. The summed E-state index contributed by atoms with van der Waals surface area (Å²) in [6.45, 7) is 5.58. The Kier molecular flexibility index (Phi) is 4.01. The number of rotatable bonds is 2. The van der Waals surface area contributed by atoms with Gasteiger partial charge in [0.2, 0.25) is 0 Å². The fourth-order valence-corrected chi connectivity index (χ4v) is 2.61. The van der Waals surface area contributed by atoms with E-state index in [4.69, 9.17) is 4.74 Å². The minimum Gasteiger partial charge on any atom is -0.444 e. The largest absolute Gasteiger partial charge is 0.444 e. The van der Waals surface area contributed by atoms with Gasteiger partial charge in [-0.05, 0) is 33.6 Å². The van der Waals surface area contributed by atoms with Gasteiger partial charge >= 0.3 is 16.3 Å². The second-order valence-corrected chi connectivity index (χ2v) is 6.59. The maximum Gasteiger partial charge on any atom is 0.410 e. The van der Waals surface area contributed by atoms with E-state index >= 15 is 0 Å². The summed E-state index contributed by atoms with van der Waals surface area (Å²) in [5, 5.41) is 0. The van der Waals surface area contributed by atoms with E-state index in [0.717, 1.165) is 0 Å². The monoisotopic (exact) mass is 267 g/mol. The molecule has 0 aliphatic carbocycles. The van der Waals surface area contributed by atoms with Gasteiger partial charge in [0.05, 0.1) is 6.04 Å². The van der Waals surface area contributed by atoms with Crippen LogP contribution in [0.25, 0.3) is 0 Å². The third-order valence-electron chi connectivity index (χ3n) is 2.40. The quantitative estimate of drug-likeness (QED) is 0.714. The van der Waals surface area contributed by atoms with E-state index in [0.29, 0.717) is 19.4 Å². The molecule has 1 atom stereocenters. The lowest BCUT2D eigenvalue weighted by Crippen LogP contribution is -2.42. The summed E-state index contributed by atoms with van der Waals surface area (Å²) in [4.78, 5) is 13.0. The molecule has 0 aromatic heterocycles. The molecule has 1 fully saturated rings. The molecule has 0 aromatic carbocycles. The number of carbonyl (C=O) groups excluding carboxylic acids is 1. The molecular formula is C10H18FNO4S. The molecule has 1 aliphatic rings. The Morgan fingerprint density at radius 1 is 1.47 bits per heavy atom. The molecule has 1 aliphatic heterocycles. The van der Waals surface area contributed by atoms with Crippen molar-refractivity contribution in [2.24, 2.45) is 0 Å². The van der Waals surface area contributed by atoms with Crippen LogP contribution in [-0.2, 0) is 15.0 Å². The second-order valence-electron chi connectivity index (χ2n) is 5.18. The SMILES string of the molecule is CC(C)(C)OC(=O)N1CCCC1CS(=O)(=O)F. The molecule has 0 radical (unpaired) electrons. The van der Waals surface area contributed by atoms with Crippen LogP contribution in [0.2, 0.25) is 0 Å². The third kappa shape index (κ3) is 4.89. The zero-order chi connectivity index (χ0) is 13.3. The highest BCUT2D eigenvalue weighted by Gasteiger charge is 2.34. The lowest BCUT2D eigenvalue weighted by atomic mass is 10.2. The Labute approximate surface area is 101 Å². The Balaban J connectivity index is 2.66.